The van der Waals surface area contributed by atoms with Gasteiger partial charge in [0.25, 0.3) is 0 Å². The van der Waals surface area contributed by atoms with Crippen LogP contribution in [0.4, 0.5) is 0 Å². The molecule has 2 heteroatoms. The number of ketones is 1. The van der Waals surface area contributed by atoms with Crippen LogP contribution in [0.3, 0.4) is 0 Å². The maximum absolute atomic E-state index is 12.2. The average molecular weight is 333 g/mol. The third kappa shape index (κ3) is 2.27. The highest BCUT2D eigenvalue weighted by Gasteiger charge is 2.60. The molecule has 0 aromatic rings. The van der Waals surface area contributed by atoms with Crippen molar-refractivity contribution in [1.82, 2.24) is 0 Å². The van der Waals surface area contributed by atoms with Gasteiger partial charge in [0.05, 0.1) is 6.10 Å². The zero-order chi connectivity index (χ0) is 17.1. The third-order valence-corrected chi connectivity index (χ3v) is 9.44. The van der Waals surface area contributed by atoms with Gasteiger partial charge in [-0.1, -0.05) is 13.8 Å². The van der Waals surface area contributed by atoms with Gasteiger partial charge in [-0.15, -0.1) is 0 Å². The zero-order valence-electron chi connectivity index (χ0n) is 16.1. The number of hydrogen-bond donors (Lipinski definition) is 0. The topological polar surface area (TPSA) is 26.3 Å². The van der Waals surface area contributed by atoms with Crippen LogP contribution in [-0.2, 0) is 9.53 Å². The Morgan fingerprint density at radius 3 is 2.33 bits per heavy atom. The van der Waals surface area contributed by atoms with Gasteiger partial charge < -0.3 is 4.74 Å². The van der Waals surface area contributed by atoms with Crippen LogP contribution in [0.2, 0.25) is 0 Å². The Balaban J connectivity index is 1.59. The van der Waals surface area contributed by atoms with Gasteiger partial charge in [-0.25, -0.2) is 0 Å². The molecule has 0 aromatic carbocycles. The van der Waals surface area contributed by atoms with Crippen molar-refractivity contribution in [1.29, 1.82) is 0 Å². The normalized spacial score (nSPS) is 53.8. The summed E-state index contributed by atoms with van der Waals surface area (Å²) in [5, 5.41) is 0. The standard InChI is InChI=1S/C22H36O2/c1-14(23)18-7-8-19-17-6-5-15-13-16(24-4)9-11-21(15,2)20(17)10-12-22(18,19)3/h15-20H,5-13H2,1-4H3/t15-,16-,17-,18+,19-,20-,21-,22+/m0/s1. The number of ether oxygens (including phenoxy) is 1. The molecule has 4 rings (SSSR count). The van der Waals surface area contributed by atoms with E-state index in [9.17, 15) is 4.79 Å². The quantitative estimate of drug-likeness (QED) is 0.690. The summed E-state index contributed by atoms with van der Waals surface area (Å²) < 4.78 is 5.71. The highest BCUT2D eigenvalue weighted by Crippen LogP contribution is 2.67. The minimum absolute atomic E-state index is 0.305. The Labute approximate surface area is 148 Å². The van der Waals surface area contributed by atoms with Crippen LogP contribution >= 0.6 is 0 Å². The second kappa shape index (κ2) is 5.83. The van der Waals surface area contributed by atoms with E-state index in [2.05, 4.69) is 13.8 Å². The van der Waals surface area contributed by atoms with E-state index < -0.39 is 0 Å². The van der Waals surface area contributed by atoms with Crippen molar-refractivity contribution in [2.45, 2.75) is 84.7 Å². The highest BCUT2D eigenvalue weighted by atomic mass is 16.5. The van der Waals surface area contributed by atoms with Gasteiger partial charge in [0.2, 0.25) is 0 Å². The van der Waals surface area contributed by atoms with Crippen LogP contribution in [0.15, 0.2) is 0 Å². The summed E-state index contributed by atoms with van der Waals surface area (Å²) in [6.45, 7) is 6.91. The van der Waals surface area contributed by atoms with Crippen LogP contribution in [0, 0.1) is 40.4 Å². The van der Waals surface area contributed by atoms with Crippen LogP contribution < -0.4 is 0 Å². The van der Waals surface area contributed by atoms with Gasteiger partial charge in [-0.3, -0.25) is 4.79 Å². The SMILES string of the molecule is CO[C@H]1CC[C@@]2(C)[C@@H](CC[C@@H]3[C@@H]2CC[C@]2(C)[C@@H](C(C)=O)CC[C@@H]32)C1. The van der Waals surface area contributed by atoms with Crippen molar-refractivity contribution in [3.05, 3.63) is 0 Å². The average Bonchev–Trinajstić information content (AvgIpc) is 2.91. The molecular weight excluding hydrogens is 296 g/mol. The maximum atomic E-state index is 12.2. The van der Waals surface area contributed by atoms with Gasteiger partial charge in [-0.2, -0.15) is 0 Å². The molecule has 4 aliphatic carbocycles. The van der Waals surface area contributed by atoms with Crippen molar-refractivity contribution in [2.75, 3.05) is 7.11 Å². The first-order chi connectivity index (χ1) is 11.4. The fraction of sp³-hybridized carbons (Fsp3) is 0.955. The van der Waals surface area contributed by atoms with Gasteiger partial charge in [0.1, 0.15) is 5.78 Å². The third-order valence-electron chi connectivity index (χ3n) is 9.44. The first kappa shape index (κ1) is 17.1. The van der Waals surface area contributed by atoms with Crippen LogP contribution in [-0.4, -0.2) is 19.0 Å². The van der Waals surface area contributed by atoms with E-state index in [1.807, 2.05) is 14.0 Å². The lowest BCUT2D eigenvalue weighted by Gasteiger charge is -2.61. The molecular formula is C22H36O2. The van der Waals surface area contributed by atoms with Gasteiger partial charge in [0.15, 0.2) is 0 Å². The van der Waals surface area contributed by atoms with Crippen LogP contribution in [0.1, 0.15) is 78.6 Å². The minimum Gasteiger partial charge on any atom is -0.381 e. The lowest BCUT2D eigenvalue weighted by Crippen LogP contribution is -2.54. The molecule has 2 nitrogen and oxygen atoms in total. The predicted octanol–water partition coefficient (Wildman–Crippen LogP) is 5.25. The molecule has 0 saturated heterocycles. The molecule has 0 radical (unpaired) electrons. The highest BCUT2D eigenvalue weighted by molar-refractivity contribution is 5.79. The van der Waals surface area contributed by atoms with Gasteiger partial charge in [0, 0.05) is 13.0 Å². The second-order valence-corrected chi connectivity index (χ2v) is 10.1. The molecule has 4 saturated carbocycles. The molecule has 0 heterocycles. The molecule has 0 bridgehead atoms. The van der Waals surface area contributed by atoms with Crippen molar-refractivity contribution >= 4 is 5.78 Å². The molecule has 4 aliphatic rings. The Bertz CT molecular complexity index is 514. The van der Waals surface area contributed by atoms with Crippen molar-refractivity contribution in [3.63, 3.8) is 0 Å². The van der Waals surface area contributed by atoms with E-state index in [4.69, 9.17) is 4.74 Å². The summed E-state index contributed by atoms with van der Waals surface area (Å²) in [5.74, 6) is 4.26. The van der Waals surface area contributed by atoms with Crippen molar-refractivity contribution < 1.29 is 9.53 Å². The molecule has 0 amide bonds. The molecule has 0 unspecified atom stereocenters. The van der Waals surface area contributed by atoms with E-state index in [0.717, 1.165) is 30.1 Å². The first-order valence-electron chi connectivity index (χ1n) is 10.4. The largest absolute Gasteiger partial charge is 0.381 e. The van der Waals surface area contributed by atoms with E-state index in [0.29, 0.717) is 28.6 Å². The van der Waals surface area contributed by atoms with Crippen LogP contribution in [0.5, 0.6) is 0 Å². The summed E-state index contributed by atoms with van der Waals surface area (Å²) >= 11 is 0. The number of carbonyl (C=O) groups excluding carboxylic acids is 1. The second-order valence-electron chi connectivity index (χ2n) is 10.1. The summed E-state index contributed by atoms with van der Waals surface area (Å²) in [5.41, 5.74) is 0.841. The monoisotopic (exact) mass is 332 g/mol. The Morgan fingerprint density at radius 1 is 0.917 bits per heavy atom. The van der Waals surface area contributed by atoms with Crippen molar-refractivity contribution in [2.24, 2.45) is 40.4 Å². The van der Waals surface area contributed by atoms with E-state index in [1.165, 1.54) is 51.4 Å². The maximum Gasteiger partial charge on any atom is 0.133 e. The molecule has 0 spiro atoms. The lowest BCUT2D eigenvalue weighted by atomic mass is 9.44. The fourth-order valence-electron chi connectivity index (χ4n) is 8.10. The van der Waals surface area contributed by atoms with E-state index >= 15 is 0 Å². The van der Waals surface area contributed by atoms with Gasteiger partial charge >= 0.3 is 0 Å². The summed E-state index contributed by atoms with van der Waals surface area (Å²) in [4.78, 5) is 12.2. The fourth-order valence-corrected chi connectivity index (χ4v) is 8.10. The Morgan fingerprint density at radius 2 is 1.62 bits per heavy atom. The van der Waals surface area contributed by atoms with E-state index in [-0.39, 0.29) is 0 Å². The number of carbonyl (C=O) groups is 1. The first-order valence-corrected chi connectivity index (χ1v) is 10.4. The smallest absolute Gasteiger partial charge is 0.133 e. The lowest BCUT2D eigenvalue weighted by molar-refractivity contribution is -0.140. The summed E-state index contributed by atoms with van der Waals surface area (Å²) in [7, 11) is 1.89. The number of fused-ring (bicyclic) bond motifs is 5. The summed E-state index contributed by atoms with van der Waals surface area (Å²) in [6, 6.07) is 0. The molecule has 0 aliphatic heterocycles. The predicted molar refractivity (Wildman–Crippen MR) is 96.7 cm³/mol. The van der Waals surface area contributed by atoms with Gasteiger partial charge in [-0.05, 0) is 99.2 Å². The van der Waals surface area contributed by atoms with E-state index in [1.54, 1.807) is 0 Å². The molecule has 0 aromatic heterocycles. The zero-order valence-corrected chi connectivity index (χ0v) is 16.1. The van der Waals surface area contributed by atoms with Crippen LogP contribution in [0.25, 0.3) is 0 Å². The molecule has 8 atom stereocenters. The molecule has 24 heavy (non-hydrogen) atoms. The Kier molecular flexibility index (Phi) is 4.14. The number of hydrogen-bond acceptors (Lipinski definition) is 2. The summed E-state index contributed by atoms with van der Waals surface area (Å²) in [6.07, 6.45) is 12.3. The Hall–Kier alpha value is -0.370. The molecule has 4 fully saturated rings. The number of methoxy groups -OCH3 is 1. The molecule has 0 N–H and O–H groups in total. The minimum atomic E-state index is 0.305. The molecule has 136 valence electrons. The van der Waals surface area contributed by atoms with Crippen molar-refractivity contribution in [3.8, 4) is 0 Å². The number of Topliss-reactive ketones (excluding diaryl/α,β-unsaturated/α-hetero) is 1. The number of rotatable bonds is 2.